The maximum absolute atomic E-state index is 6.02. The smallest absolute Gasteiger partial charge is 0.0534 e. The van der Waals surface area contributed by atoms with Gasteiger partial charge in [-0.1, -0.05) is 17.7 Å². The Bertz CT molecular complexity index is 580. The maximum Gasteiger partial charge on any atom is 0.0534 e. The molecule has 0 saturated heterocycles. The van der Waals surface area contributed by atoms with Gasteiger partial charge in [0.05, 0.1) is 11.7 Å². The fourth-order valence-electron chi connectivity index (χ4n) is 2.57. The van der Waals surface area contributed by atoms with Gasteiger partial charge in [-0.2, -0.15) is 0 Å². The molecule has 3 rings (SSSR count). The molecule has 1 aromatic carbocycles. The van der Waals surface area contributed by atoms with E-state index in [4.69, 9.17) is 11.6 Å². The van der Waals surface area contributed by atoms with E-state index in [0.717, 1.165) is 23.6 Å². The van der Waals surface area contributed by atoms with Crippen LogP contribution in [0.25, 0.3) is 0 Å². The summed E-state index contributed by atoms with van der Waals surface area (Å²) >= 11 is 6.02. The van der Waals surface area contributed by atoms with Gasteiger partial charge in [-0.15, -0.1) is 0 Å². The molecule has 1 atom stereocenters. The van der Waals surface area contributed by atoms with Gasteiger partial charge in [-0.3, -0.25) is 4.98 Å². The van der Waals surface area contributed by atoms with E-state index >= 15 is 0 Å². The molecule has 0 bridgehead atoms. The van der Waals surface area contributed by atoms with Gasteiger partial charge in [0, 0.05) is 17.4 Å². The van der Waals surface area contributed by atoms with Crippen LogP contribution in [0.15, 0.2) is 36.7 Å². The van der Waals surface area contributed by atoms with Crippen LogP contribution in [0.5, 0.6) is 0 Å². The second kappa shape index (κ2) is 4.62. The number of pyridine rings is 1. The highest BCUT2D eigenvalue weighted by Gasteiger charge is 2.22. The number of anilines is 1. The van der Waals surface area contributed by atoms with E-state index in [0.29, 0.717) is 6.04 Å². The molecule has 1 heterocycles. The quantitative estimate of drug-likeness (QED) is 0.876. The summed E-state index contributed by atoms with van der Waals surface area (Å²) in [5.41, 5.74) is 4.98. The molecule has 0 radical (unpaired) electrons. The van der Waals surface area contributed by atoms with E-state index in [1.807, 2.05) is 18.5 Å². The molecule has 0 spiro atoms. The second-order valence-electron chi connectivity index (χ2n) is 4.83. The zero-order chi connectivity index (χ0) is 12.5. The second-order valence-corrected chi connectivity index (χ2v) is 5.27. The average Bonchev–Trinajstić information content (AvgIpc) is 2.72. The Balaban J connectivity index is 1.85. The van der Waals surface area contributed by atoms with Gasteiger partial charge in [-0.05, 0) is 54.7 Å². The van der Waals surface area contributed by atoms with Gasteiger partial charge in [-0.25, -0.2) is 0 Å². The minimum absolute atomic E-state index is 0.376. The van der Waals surface area contributed by atoms with Gasteiger partial charge in [0.15, 0.2) is 0 Å². The molecule has 1 aliphatic rings. The van der Waals surface area contributed by atoms with Crippen molar-refractivity contribution < 1.29 is 0 Å². The molecule has 92 valence electrons. The highest BCUT2D eigenvalue weighted by Crippen LogP contribution is 2.35. The Labute approximate surface area is 112 Å². The van der Waals surface area contributed by atoms with Gasteiger partial charge >= 0.3 is 0 Å². The SMILES string of the molecule is Cc1cncc(NC2CCc3cc(Cl)ccc32)c1. The first-order valence-corrected chi connectivity index (χ1v) is 6.57. The number of aryl methyl sites for hydroxylation is 2. The molecule has 2 aromatic rings. The normalized spacial score (nSPS) is 17.6. The van der Waals surface area contributed by atoms with E-state index in [-0.39, 0.29) is 0 Å². The number of nitrogens with one attached hydrogen (secondary N) is 1. The summed E-state index contributed by atoms with van der Waals surface area (Å²) in [6.07, 6.45) is 5.95. The first-order chi connectivity index (χ1) is 8.72. The third-order valence-electron chi connectivity index (χ3n) is 3.40. The Morgan fingerprint density at radius 3 is 3.00 bits per heavy atom. The van der Waals surface area contributed by atoms with E-state index < -0.39 is 0 Å². The lowest BCUT2D eigenvalue weighted by atomic mass is 10.1. The number of hydrogen-bond acceptors (Lipinski definition) is 2. The van der Waals surface area contributed by atoms with Gasteiger partial charge in [0.2, 0.25) is 0 Å². The van der Waals surface area contributed by atoms with E-state index in [9.17, 15) is 0 Å². The maximum atomic E-state index is 6.02. The number of aromatic nitrogens is 1. The number of fused-ring (bicyclic) bond motifs is 1. The van der Waals surface area contributed by atoms with Crippen LogP contribution >= 0.6 is 11.6 Å². The van der Waals surface area contributed by atoms with E-state index in [1.165, 1.54) is 16.7 Å². The van der Waals surface area contributed by atoms with Crippen LogP contribution in [0.3, 0.4) is 0 Å². The van der Waals surface area contributed by atoms with Crippen molar-refractivity contribution in [1.29, 1.82) is 0 Å². The Morgan fingerprint density at radius 1 is 1.28 bits per heavy atom. The van der Waals surface area contributed by atoms with Crippen molar-refractivity contribution in [1.82, 2.24) is 4.98 Å². The Morgan fingerprint density at radius 2 is 2.17 bits per heavy atom. The average molecular weight is 259 g/mol. The summed E-state index contributed by atoms with van der Waals surface area (Å²) < 4.78 is 0. The minimum Gasteiger partial charge on any atom is -0.377 e. The number of benzene rings is 1. The molecular weight excluding hydrogens is 244 g/mol. The highest BCUT2D eigenvalue weighted by atomic mass is 35.5. The summed E-state index contributed by atoms with van der Waals surface area (Å²) in [6.45, 7) is 2.06. The summed E-state index contributed by atoms with van der Waals surface area (Å²) in [4.78, 5) is 4.21. The van der Waals surface area contributed by atoms with Crippen molar-refractivity contribution >= 4 is 17.3 Å². The van der Waals surface area contributed by atoms with Crippen LogP contribution in [-0.4, -0.2) is 4.98 Å². The van der Waals surface area contributed by atoms with Crippen molar-refractivity contribution in [2.75, 3.05) is 5.32 Å². The van der Waals surface area contributed by atoms with Gasteiger partial charge < -0.3 is 5.32 Å². The monoisotopic (exact) mass is 258 g/mol. The van der Waals surface area contributed by atoms with Gasteiger partial charge in [0.25, 0.3) is 0 Å². The topological polar surface area (TPSA) is 24.9 Å². The molecule has 0 amide bonds. The standard InChI is InChI=1S/C15H15ClN2/c1-10-6-13(9-17-8-10)18-15-5-2-11-7-12(16)3-4-14(11)15/h3-4,6-9,15,18H,2,5H2,1H3. The van der Waals surface area contributed by atoms with Crippen molar-refractivity contribution in [3.63, 3.8) is 0 Å². The molecule has 1 N–H and O–H groups in total. The molecule has 1 aromatic heterocycles. The van der Waals surface area contributed by atoms with Crippen LogP contribution in [0.1, 0.15) is 29.2 Å². The lowest BCUT2D eigenvalue weighted by Gasteiger charge is -2.15. The molecule has 1 aliphatic carbocycles. The van der Waals surface area contributed by atoms with Crippen LogP contribution in [-0.2, 0) is 6.42 Å². The van der Waals surface area contributed by atoms with Crippen molar-refractivity contribution in [3.05, 3.63) is 58.4 Å². The molecule has 1 unspecified atom stereocenters. The first-order valence-electron chi connectivity index (χ1n) is 6.19. The number of rotatable bonds is 2. The fourth-order valence-corrected chi connectivity index (χ4v) is 2.77. The Kier molecular flexibility index (Phi) is 2.96. The van der Waals surface area contributed by atoms with Crippen LogP contribution < -0.4 is 5.32 Å². The number of hydrogen-bond donors (Lipinski definition) is 1. The van der Waals surface area contributed by atoms with Gasteiger partial charge in [0.1, 0.15) is 0 Å². The lowest BCUT2D eigenvalue weighted by molar-refractivity contribution is 0.761. The highest BCUT2D eigenvalue weighted by molar-refractivity contribution is 6.30. The van der Waals surface area contributed by atoms with Crippen LogP contribution in [0, 0.1) is 6.92 Å². The molecule has 18 heavy (non-hydrogen) atoms. The van der Waals surface area contributed by atoms with E-state index in [2.05, 4.69) is 35.4 Å². The van der Waals surface area contributed by atoms with Crippen molar-refractivity contribution in [2.45, 2.75) is 25.8 Å². The third-order valence-corrected chi connectivity index (χ3v) is 3.63. The number of nitrogens with zero attached hydrogens (tertiary/aromatic N) is 1. The molecule has 0 aliphatic heterocycles. The van der Waals surface area contributed by atoms with Crippen LogP contribution in [0.2, 0.25) is 5.02 Å². The minimum atomic E-state index is 0.376. The van der Waals surface area contributed by atoms with Crippen molar-refractivity contribution in [3.8, 4) is 0 Å². The van der Waals surface area contributed by atoms with E-state index in [1.54, 1.807) is 0 Å². The predicted molar refractivity (Wildman–Crippen MR) is 75.1 cm³/mol. The predicted octanol–water partition coefficient (Wildman–Crippen LogP) is 4.14. The molecule has 2 nitrogen and oxygen atoms in total. The van der Waals surface area contributed by atoms with Crippen molar-refractivity contribution in [2.24, 2.45) is 0 Å². The molecule has 3 heteroatoms. The Hall–Kier alpha value is -1.54. The number of halogens is 1. The molecule has 0 saturated carbocycles. The first kappa shape index (κ1) is 11.5. The molecular formula is C15H15ClN2. The summed E-state index contributed by atoms with van der Waals surface area (Å²) in [5, 5.41) is 4.38. The fraction of sp³-hybridized carbons (Fsp3) is 0.267. The van der Waals surface area contributed by atoms with Crippen LogP contribution in [0.4, 0.5) is 5.69 Å². The summed E-state index contributed by atoms with van der Waals surface area (Å²) in [6, 6.07) is 8.68. The summed E-state index contributed by atoms with van der Waals surface area (Å²) in [5.74, 6) is 0. The lowest BCUT2D eigenvalue weighted by Crippen LogP contribution is -2.07. The third kappa shape index (κ3) is 2.21. The zero-order valence-corrected chi connectivity index (χ0v) is 11.0. The zero-order valence-electron chi connectivity index (χ0n) is 10.3. The molecule has 0 fully saturated rings. The largest absolute Gasteiger partial charge is 0.377 e. The summed E-state index contributed by atoms with van der Waals surface area (Å²) in [7, 11) is 0.